The van der Waals surface area contributed by atoms with E-state index in [0.29, 0.717) is 0 Å². The zero-order valence-corrected chi connectivity index (χ0v) is 7.27. The monoisotopic (exact) mass is 174 g/mol. The van der Waals surface area contributed by atoms with Gasteiger partial charge in [-0.1, -0.05) is 23.5 Å². The number of carbonyl (C=O) groups is 2. The average Bonchev–Trinajstić information content (AvgIpc) is 1.99. The fourth-order valence-corrected chi connectivity index (χ4v) is 0.510. The lowest BCUT2D eigenvalue weighted by atomic mass is 10.6. The van der Waals surface area contributed by atoms with Crippen LogP contribution in [0.1, 0.15) is 0 Å². The van der Waals surface area contributed by atoms with Gasteiger partial charge in [-0.05, 0) is 24.4 Å². The van der Waals surface area contributed by atoms with Crippen molar-refractivity contribution >= 4 is 33.8 Å². The number of carbonyl (C=O) groups excluding carboxylic acids is 2. The normalized spacial score (nSPS) is 7.80. The molecule has 0 aromatic carbocycles. The number of hydrogen-bond donors (Lipinski definition) is 0. The molecule has 0 saturated heterocycles. The second kappa shape index (κ2) is 5.39. The summed E-state index contributed by atoms with van der Waals surface area (Å²) in [5.41, 5.74) is 0. The molecule has 0 amide bonds. The molecule has 0 aromatic heterocycles. The zero-order chi connectivity index (χ0) is 7.98. The number of thioether (sulfide) groups is 2. The summed E-state index contributed by atoms with van der Waals surface area (Å²) < 4.78 is 0. The first-order valence-electron chi connectivity index (χ1n) is 2.38. The minimum Gasteiger partial charge on any atom is -0.272 e. The Hall–Kier alpha value is -0.400. The molecule has 0 aliphatic rings. The van der Waals surface area contributed by atoms with Gasteiger partial charge in [-0.15, -0.1) is 0 Å². The molecule has 0 atom stereocenters. The van der Waals surface area contributed by atoms with Crippen molar-refractivity contribution in [3.8, 4) is 11.8 Å². The molecule has 10 heavy (non-hydrogen) atoms. The molecule has 2 nitrogen and oxygen atoms in total. The molecule has 0 spiro atoms. The zero-order valence-electron chi connectivity index (χ0n) is 5.63. The summed E-state index contributed by atoms with van der Waals surface area (Å²) in [6, 6.07) is 0. The minimum absolute atomic E-state index is 0.276. The largest absolute Gasteiger partial charge is 0.272 e. The van der Waals surface area contributed by atoms with Gasteiger partial charge in [0.1, 0.15) is 0 Å². The molecule has 54 valence electrons. The van der Waals surface area contributed by atoms with Crippen LogP contribution in [-0.2, 0) is 9.59 Å². The summed E-state index contributed by atoms with van der Waals surface area (Å²) in [5.74, 6) is 4.37. The molecule has 0 saturated carbocycles. The van der Waals surface area contributed by atoms with Crippen LogP contribution in [0.4, 0.5) is 0 Å². The minimum atomic E-state index is -0.276. The SMILES string of the molecule is CSC(=O)C#CC(=O)SC. The van der Waals surface area contributed by atoms with E-state index in [0.717, 1.165) is 23.5 Å². The highest BCUT2D eigenvalue weighted by molar-refractivity contribution is 8.14. The molecular formula is C6H6O2S2. The van der Waals surface area contributed by atoms with Gasteiger partial charge in [-0.25, -0.2) is 0 Å². The first kappa shape index (κ1) is 9.60. The van der Waals surface area contributed by atoms with Crippen molar-refractivity contribution in [2.24, 2.45) is 0 Å². The summed E-state index contributed by atoms with van der Waals surface area (Å²) in [5, 5.41) is -0.551. The van der Waals surface area contributed by atoms with Crippen LogP contribution in [-0.4, -0.2) is 22.7 Å². The first-order chi connectivity index (χ1) is 4.70. The van der Waals surface area contributed by atoms with Gasteiger partial charge >= 0.3 is 0 Å². The van der Waals surface area contributed by atoms with Crippen LogP contribution in [0.15, 0.2) is 0 Å². The summed E-state index contributed by atoms with van der Waals surface area (Å²) in [7, 11) is 0. The maximum absolute atomic E-state index is 10.5. The Kier molecular flexibility index (Phi) is 5.17. The second-order valence-corrected chi connectivity index (χ2v) is 2.79. The van der Waals surface area contributed by atoms with Crippen molar-refractivity contribution < 1.29 is 9.59 Å². The van der Waals surface area contributed by atoms with Gasteiger partial charge in [-0.2, -0.15) is 0 Å². The van der Waals surface area contributed by atoms with Crippen LogP contribution in [0.25, 0.3) is 0 Å². The average molecular weight is 174 g/mol. The van der Waals surface area contributed by atoms with Crippen LogP contribution < -0.4 is 0 Å². The Morgan fingerprint density at radius 2 is 1.30 bits per heavy atom. The molecule has 0 aliphatic carbocycles. The Labute approximate surface area is 68.1 Å². The third kappa shape index (κ3) is 4.48. The fraction of sp³-hybridized carbons (Fsp3) is 0.333. The highest BCUT2D eigenvalue weighted by atomic mass is 32.2. The predicted molar refractivity (Wildman–Crippen MR) is 44.8 cm³/mol. The van der Waals surface area contributed by atoms with Gasteiger partial charge in [0, 0.05) is 0 Å². The molecule has 0 fully saturated rings. The summed E-state index contributed by atoms with van der Waals surface area (Å²) >= 11 is 2.01. The maximum atomic E-state index is 10.5. The van der Waals surface area contributed by atoms with Crippen molar-refractivity contribution in [2.45, 2.75) is 0 Å². The van der Waals surface area contributed by atoms with Crippen molar-refractivity contribution in [3.63, 3.8) is 0 Å². The maximum Gasteiger partial charge on any atom is 0.262 e. The van der Waals surface area contributed by atoms with E-state index < -0.39 is 0 Å². The molecule has 0 aliphatic heterocycles. The van der Waals surface area contributed by atoms with E-state index >= 15 is 0 Å². The van der Waals surface area contributed by atoms with Gasteiger partial charge < -0.3 is 0 Å². The molecule has 4 heteroatoms. The van der Waals surface area contributed by atoms with E-state index in [-0.39, 0.29) is 10.2 Å². The van der Waals surface area contributed by atoms with E-state index in [1.54, 1.807) is 12.5 Å². The van der Waals surface area contributed by atoms with Crippen molar-refractivity contribution in [2.75, 3.05) is 12.5 Å². The lowest BCUT2D eigenvalue weighted by Gasteiger charge is -1.78. The summed E-state index contributed by atoms with van der Waals surface area (Å²) in [6.45, 7) is 0. The van der Waals surface area contributed by atoms with E-state index in [9.17, 15) is 9.59 Å². The van der Waals surface area contributed by atoms with Crippen LogP contribution in [0.5, 0.6) is 0 Å². The van der Waals surface area contributed by atoms with Crippen LogP contribution in [0.2, 0.25) is 0 Å². The third-order valence-corrected chi connectivity index (χ3v) is 1.58. The third-order valence-electron chi connectivity index (χ3n) is 0.637. The van der Waals surface area contributed by atoms with Gasteiger partial charge in [0.25, 0.3) is 10.2 Å². The van der Waals surface area contributed by atoms with E-state index in [2.05, 4.69) is 11.8 Å². The molecular weight excluding hydrogens is 168 g/mol. The Morgan fingerprint density at radius 1 is 1.00 bits per heavy atom. The number of rotatable bonds is 0. The molecule has 0 unspecified atom stereocenters. The van der Waals surface area contributed by atoms with Gasteiger partial charge in [0.2, 0.25) is 0 Å². The van der Waals surface area contributed by atoms with E-state index in [4.69, 9.17) is 0 Å². The second-order valence-electron chi connectivity index (χ2n) is 1.23. The van der Waals surface area contributed by atoms with Crippen LogP contribution in [0, 0.1) is 11.8 Å². The summed E-state index contributed by atoms with van der Waals surface area (Å²) in [4.78, 5) is 20.9. The predicted octanol–water partition coefficient (Wildman–Crippen LogP) is 0.769. The molecule has 0 bridgehead atoms. The quantitative estimate of drug-likeness (QED) is 0.508. The van der Waals surface area contributed by atoms with Crippen molar-refractivity contribution in [3.05, 3.63) is 0 Å². The van der Waals surface area contributed by atoms with Gasteiger partial charge in [0.05, 0.1) is 0 Å². The number of hydrogen-bond acceptors (Lipinski definition) is 4. The molecule has 0 aromatic rings. The fourth-order valence-electron chi connectivity index (χ4n) is 0.204. The highest BCUT2D eigenvalue weighted by Gasteiger charge is 1.92. The standard InChI is InChI=1S/C6H6O2S2/c1-9-5(7)3-4-6(8)10-2/h1-2H3. The molecule has 0 rings (SSSR count). The topological polar surface area (TPSA) is 34.1 Å². The summed E-state index contributed by atoms with van der Waals surface area (Å²) in [6.07, 6.45) is 3.25. The van der Waals surface area contributed by atoms with Gasteiger partial charge in [0.15, 0.2) is 0 Å². The Bertz CT molecular complexity index is 180. The van der Waals surface area contributed by atoms with E-state index in [1.807, 2.05) is 0 Å². The Morgan fingerprint density at radius 3 is 1.50 bits per heavy atom. The highest BCUT2D eigenvalue weighted by Crippen LogP contribution is 1.94. The lowest BCUT2D eigenvalue weighted by molar-refractivity contribution is -0.107. The van der Waals surface area contributed by atoms with Crippen LogP contribution >= 0.6 is 23.5 Å². The molecule has 0 radical (unpaired) electrons. The Balaban J connectivity index is 3.91. The van der Waals surface area contributed by atoms with E-state index in [1.165, 1.54) is 0 Å². The van der Waals surface area contributed by atoms with Crippen molar-refractivity contribution in [1.82, 2.24) is 0 Å². The first-order valence-corrected chi connectivity index (χ1v) is 4.83. The molecule has 0 heterocycles. The van der Waals surface area contributed by atoms with Gasteiger partial charge in [-0.3, -0.25) is 9.59 Å². The molecule has 0 N–H and O–H groups in total. The smallest absolute Gasteiger partial charge is 0.262 e. The van der Waals surface area contributed by atoms with Crippen LogP contribution in [0.3, 0.4) is 0 Å². The lowest BCUT2D eigenvalue weighted by Crippen LogP contribution is -1.87. The van der Waals surface area contributed by atoms with Crippen molar-refractivity contribution in [1.29, 1.82) is 0 Å².